The molecule has 1 aromatic carbocycles. The maximum absolute atomic E-state index is 11.5. The van der Waals surface area contributed by atoms with Crippen LogP contribution in [0.15, 0.2) is 24.3 Å². The number of carbonyl (C=O) groups excluding carboxylic acids is 1. The van der Waals surface area contributed by atoms with Gasteiger partial charge in [-0.2, -0.15) is 0 Å². The van der Waals surface area contributed by atoms with E-state index in [9.17, 15) is 4.79 Å². The van der Waals surface area contributed by atoms with Crippen molar-refractivity contribution in [2.24, 2.45) is 11.7 Å². The van der Waals surface area contributed by atoms with Gasteiger partial charge in [0.05, 0.1) is 13.0 Å². The second-order valence-electron chi connectivity index (χ2n) is 5.84. The lowest BCUT2D eigenvalue weighted by atomic mass is 9.86. The summed E-state index contributed by atoms with van der Waals surface area (Å²) in [5.74, 6) is 0.537. The molecule has 2 rings (SSSR count). The van der Waals surface area contributed by atoms with E-state index in [2.05, 4.69) is 5.32 Å². The topological polar surface area (TPSA) is 64.3 Å². The Labute approximate surface area is 127 Å². The summed E-state index contributed by atoms with van der Waals surface area (Å²) in [5, 5.41) is 3.48. The van der Waals surface area contributed by atoms with Gasteiger partial charge in [0.2, 0.25) is 0 Å². The third kappa shape index (κ3) is 5.38. The van der Waals surface area contributed by atoms with Crippen LogP contribution < -0.4 is 11.1 Å². The molecule has 1 aromatic rings. The zero-order valence-electron chi connectivity index (χ0n) is 12.8. The lowest BCUT2D eigenvalue weighted by Gasteiger charge is -2.26. The fourth-order valence-electron chi connectivity index (χ4n) is 2.82. The molecule has 1 aliphatic carbocycles. The van der Waals surface area contributed by atoms with Crippen LogP contribution in [0.5, 0.6) is 0 Å². The summed E-state index contributed by atoms with van der Waals surface area (Å²) in [5.41, 5.74) is 8.00. The third-order valence-electron chi connectivity index (χ3n) is 4.07. The number of nitrogens with one attached hydrogen (secondary N) is 1. The SMILES string of the molecule is CCOC(=O)Cc1cccc(NCC2CCC(N)CC2)c1. The molecule has 0 aromatic heterocycles. The highest BCUT2D eigenvalue weighted by molar-refractivity contribution is 5.73. The molecule has 1 saturated carbocycles. The van der Waals surface area contributed by atoms with Crippen molar-refractivity contribution in [3.63, 3.8) is 0 Å². The van der Waals surface area contributed by atoms with E-state index in [0.717, 1.165) is 30.6 Å². The van der Waals surface area contributed by atoms with Crippen LogP contribution in [-0.2, 0) is 16.0 Å². The van der Waals surface area contributed by atoms with Gasteiger partial charge in [0.1, 0.15) is 0 Å². The van der Waals surface area contributed by atoms with Crippen LogP contribution in [0.2, 0.25) is 0 Å². The Kier molecular flexibility index (Phi) is 6.05. The van der Waals surface area contributed by atoms with Crippen molar-refractivity contribution in [2.45, 2.75) is 45.1 Å². The minimum atomic E-state index is -0.170. The lowest BCUT2D eigenvalue weighted by molar-refractivity contribution is -0.142. The Morgan fingerprint density at radius 1 is 1.33 bits per heavy atom. The second kappa shape index (κ2) is 8.03. The lowest BCUT2D eigenvalue weighted by Crippen LogP contribution is -2.29. The first-order valence-electron chi connectivity index (χ1n) is 7.91. The molecule has 4 nitrogen and oxygen atoms in total. The normalized spacial score (nSPS) is 21.8. The maximum Gasteiger partial charge on any atom is 0.310 e. The number of esters is 1. The Morgan fingerprint density at radius 3 is 2.81 bits per heavy atom. The van der Waals surface area contributed by atoms with Gasteiger partial charge in [-0.25, -0.2) is 0 Å². The number of benzene rings is 1. The van der Waals surface area contributed by atoms with E-state index in [1.807, 2.05) is 31.2 Å². The average molecular weight is 290 g/mol. The maximum atomic E-state index is 11.5. The van der Waals surface area contributed by atoms with Crippen molar-refractivity contribution in [3.05, 3.63) is 29.8 Å². The Bertz CT molecular complexity index is 454. The highest BCUT2D eigenvalue weighted by Gasteiger charge is 2.18. The van der Waals surface area contributed by atoms with E-state index >= 15 is 0 Å². The number of hydrogen-bond acceptors (Lipinski definition) is 4. The van der Waals surface area contributed by atoms with Gasteiger partial charge in [0.25, 0.3) is 0 Å². The molecule has 1 aliphatic rings. The molecule has 0 radical (unpaired) electrons. The number of carbonyl (C=O) groups is 1. The third-order valence-corrected chi connectivity index (χ3v) is 4.07. The van der Waals surface area contributed by atoms with Gasteiger partial charge in [0, 0.05) is 18.3 Å². The fourth-order valence-corrected chi connectivity index (χ4v) is 2.82. The quantitative estimate of drug-likeness (QED) is 0.791. The number of ether oxygens (including phenoxy) is 1. The molecule has 0 aliphatic heterocycles. The number of hydrogen-bond donors (Lipinski definition) is 2. The summed E-state index contributed by atoms with van der Waals surface area (Å²) in [6, 6.07) is 8.42. The summed E-state index contributed by atoms with van der Waals surface area (Å²) >= 11 is 0. The van der Waals surface area contributed by atoms with Gasteiger partial charge < -0.3 is 15.8 Å². The van der Waals surface area contributed by atoms with E-state index in [0.29, 0.717) is 25.0 Å². The van der Waals surface area contributed by atoms with Crippen LogP contribution in [-0.4, -0.2) is 25.2 Å². The first-order valence-corrected chi connectivity index (χ1v) is 7.91. The van der Waals surface area contributed by atoms with Crippen molar-refractivity contribution >= 4 is 11.7 Å². The van der Waals surface area contributed by atoms with Crippen LogP contribution in [0.4, 0.5) is 5.69 Å². The van der Waals surface area contributed by atoms with Crippen molar-refractivity contribution < 1.29 is 9.53 Å². The molecule has 0 atom stereocenters. The number of nitrogens with two attached hydrogens (primary N) is 1. The molecule has 21 heavy (non-hydrogen) atoms. The van der Waals surface area contributed by atoms with Gasteiger partial charge in [-0.1, -0.05) is 12.1 Å². The molecular formula is C17H26N2O2. The molecule has 0 unspecified atom stereocenters. The highest BCUT2D eigenvalue weighted by Crippen LogP contribution is 2.23. The Morgan fingerprint density at radius 2 is 2.10 bits per heavy atom. The predicted molar refractivity (Wildman–Crippen MR) is 85.2 cm³/mol. The van der Waals surface area contributed by atoms with Crippen LogP contribution in [0.1, 0.15) is 38.2 Å². The monoisotopic (exact) mass is 290 g/mol. The molecular weight excluding hydrogens is 264 g/mol. The minimum Gasteiger partial charge on any atom is -0.466 e. The van der Waals surface area contributed by atoms with E-state index in [1.165, 1.54) is 12.8 Å². The zero-order valence-corrected chi connectivity index (χ0v) is 12.8. The van der Waals surface area contributed by atoms with Gasteiger partial charge in [0.15, 0.2) is 0 Å². The van der Waals surface area contributed by atoms with Crippen LogP contribution in [0, 0.1) is 5.92 Å². The summed E-state index contributed by atoms with van der Waals surface area (Å²) in [6.07, 6.45) is 5.01. The van der Waals surface area contributed by atoms with Gasteiger partial charge >= 0.3 is 5.97 Å². The Hall–Kier alpha value is -1.55. The molecule has 0 heterocycles. The highest BCUT2D eigenvalue weighted by atomic mass is 16.5. The average Bonchev–Trinajstić information content (AvgIpc) is 2.47. The Balaban J connectivity index is 1.82. The fraction of sp³-hybridized carbons (Fsp3) is 0.588. The molecule has 0 bridgehead atoms. The standard InChI is InChI=1S/C17H26N2O2/c1-2-21-17(20)11-14-4-3-5-16(10-14)19-12-13-6-8-15(18)9-7-13/h3-5,10,13,15,19H,2,6-9,11-12,18H2,1H3. The first kappa shape index (κ1) is 15.8. The van der Waals surface area contributed by atoms with Crippen molar-refractivity contribution in [2.75, 3.05) is 18.5 Å². The minimum absolute atomic E-state index is 0.170. The molecule has 0 spiro atoms. The summed E-state index contributed by atoms with van der Waals surface area (Å²) in [4.78, 5) is 11.5. The van der Waals surface area contributed by atoms with E-state index in [4.69, 9.17) is 10.5 Å². The second-order valence-corrected chi connectivity index (χ2v) is 5.84. The van der Waals surface area contributed by atoms with E-state index in [1.54, 1.807) is 0 Å². The zero-order chi connectivity index (χ0) is 15.1. The summed E-state index contributed by atoms with van der Waals surface area (Å²) in [6.45, 7) is 3.24. The van der Waals surface area contributed by atoms with Gasteiger partial charge in [-0.15, -0.1) is 0 Å². The smallest absolute Gasteiger partial charge is 0.310 e. The van der Waals surface area contributed by atoms with E-state index in [-0.39, 0.29) is 5.97 Å². The van der Waals surface area contributed by atoms with Crippen molar-refractivity contribution in [3.8, 4) is 0 Å². The number of rotatable bonds is 6. The van der Waals surface area contributed by atoms with E-state index < -0.39 is 0 Å². The summed E-state index contributed by atoms with van der Waals surface area (Å²) < 4.78 is 4.98. The first-order chi connectivity index (χ1) is 10.2. The van der Waals surface area contributed by atoms with Crippen LogP contribution in [0.25, 0.3) is 0 Å². The largest absolute Gasteiger partial charge is 0.466 e. The molecule has 116 valence electrons. The molecule has 4 heteroatoms. The predicted octanol–water partition coefficient (Wildman–Crippen LogP) is 2.72. The van der Waals surface area contributed by atoms with Crippen molar-refractivity contribution in [1.82, 2.24) is 0 Å². The summed E-state index contributed by atoms with van der Waals surface area (Å²) in [7, 11) is 0. The number of anilines is 1. The van der Waals surface area contributed by atoms with Gasteiger partial charge in [-0.05, 0) is 56.2 Å². The molecule has 1 fully saturated rings. The molecule has 3 N–H and O–H groups in total. The van der Waals surface area contributed by atoms with Crippen LogP contribution in [0.3, 0.4) is 0 Å². The molecule has 0 saturated heterocycles. The van der Waals surface area contributed by atoms with Gasteiger partial charge in [-0.3, -0.25) is 4.79 Å². The van der Waals surface area contributed by atoms with Crippen LogP contribution >= 0.6 is 0 Å². The van der Waals surface area contributed by atoms with Crippen molar-refractivity contribution in [1.29, 1.82) is 0 Å². The molecule has 0 amide bonds.